The summed E-state index contributed by atoms with van der Waals surface area (Å²) in [5.74, 6) is 0.755. The third-order valence-corrected chi connectivity index (χ3v) is 3.47. The van der Waals surface area contributed by atoms with E-state index in [4.69, 9.17) is 4.74 Å². The summed E-state index contributed by atoms with van der Waals surface area (Å²) in [7, 11) is 5.77. The van der Waals surface area contributed by atoms with Gasteiger partial charge in [0.15, 0.2) is 0 Å². The number of aromatic nitrogens is 2. The van der Waals surface area contributed by atoms with Crippen LogP contribution in [0.15, 0.2) is 30.5 Å². The zero-order valence-electron chi connectivity index (χ0n) is 14.3. The van der Waals surface area contributed by atoms with Crippen molar-refractivity contribution >= 4 is 5.69 Å². The fourth-order valence-corrected chi connectivity index (χ4v) is 2.36. The molecule has 2 rings (SSSR count). The molecule has 0 fully saturated rings. The average molecular weight is 318 g/mol. The standard InChI is InChI=1S/C17H26N4O2/c1-13-14(10-21(4)19-13)9-18-15-5-7-17(8-6-15)23-12-16(22)11-20(2)3/h5-8,10,16,18,22H,9,11-12H2,1-4H3. The molecule has 0 aliphatic heterocycles. The number of nitrogens with zero attached hydrogens (tertiary/aromatic N) is 3. The zero-order chi connectivity index (χ0) is 16.8. The summed E-state index contributed by atoms with van der Waals surface area (Å²) < 4.78 is 7.41. The minimum absolute atomic E-state index is 0.292. The van der Waals surface area contributed by atoms with Gasteiger partial charge in [-0.05, 0) is 45.3 Å². The van der Waals surface area contributed by atoms with E-state index in [0.29, 0.717) is 13.2 Å². The molecule has 0 spiro atoms. The number of rotatable bonds is 8. The molecule has 0 amide bonds. The first-order valence-corrected chi connectivity index (χ1v) is 7.72. The van der Waals surface area contributed by atoms with E-state index in [0.717, 1.165) is 23.7 Å². The summed E-state index contributed by atoms with van der Waals surface area (Å²) in [6, 6.07) is 7.75. The summed E-state index contributed by atoms with van der Waals surface area (Å²) in [6.07, 6.45) is 1.53. The smallest absolute Gasteiger partial charge is 0.119 e. The second-order valence-corrected chi connectivity index (χ2v) is 6.02. The van der Waals surface area contributed by atoms with Gasteiger partial charge in [-0.15, -0.1) is 0 Å². The Balaban J connectivity index is 1.81. The summed E-state index contributed by atoms with van der Waals surface area (Å²) >= 11 is 0. The Labute approximate surface area is 137 Å². The quantitative estimate of drug-likeness (QED) is 0.775. The number of likely N-dealkylation sites (N-methyl/N-ethyl adjacent to an activating group) is 1. The number of aliphatic hydroxyl groups excluding tert-OH is 1. The Hall–Kier alpha value is -2.05. The van der Waals surface area contributed by atoms with Crippen molar-refractivity contribution in [3.05, 3.63) is 41.7 Å². The molecule has 6 nitrogen and oxygen atoms in total. The van der Waals surface area contributed by atoms with Gasteiger partial charge in [0.25, 0.3) is 0 Å². The number of nitrogens with one attached hydrogen (secondary N) is 1. The van der Waals surface area contributed by atoms with Gasteiger partial charge in [-0.3, -0.25) is 4.68 Å². The van der Waals surface area contributed by atoms with Gasteiger partial charge in [-0.1, -0.05) is 0 Å². The van der Waals surface area contributed by atoms with E-state index in [-0.39, 0.29) is 0 Å². The molecular formula is C17H26N4O2. The normalized spacial score (nSPS) is 12.4. The molecule has 1 aromatic carbocycles. The highest BCUT2D eigenvalue weighted by Gasteiger charge is 2.07. The maximum absolute atomic E-state index is 9.79. The number of anilines is 1. The first kappa shape index (κ1) is 17.3. The lowest BCUT2D eigenvalue weighted by Gasteiger charge is -2.16. The lowest BCUT2D eigenvalue weighted by molar-refractivity contribution is 0.0831. The first-order chi connectivity index (χ1) is 10.9. The first-order valence-electron chi connectivity index (χ1n) is 7.72. The second-order valence-electron chi connectivity index (χ2n) is 6.02. The van der Waals surface area contributed by atoms with Crippen LogP contribution in [0.4, 0.5) is 5.69 Å². The molecule has 0 saturated heterocycles. The summed E-state index contributed by atoms with van der Waals surface area (Å²) in [5.41, 5.74) is 3.24. The van der Waals surface area contributed by atoms with Gasteiger partial charge in [-0.25, -0.2) is 0 Å². The maximum Gasteiger partial charge on any atom is 0.119 e. The SMILES string of the molecule is Cc1nn(C)cc1CNc1ccc(OCC(O)CN(C)C)cc1. The number of aryl methyl sites for hydroxylation is 2. The van der Waals surface area contributed by atoms with Crippen LogP contribution in [0.5, 0.6) is 5.75 Å². The molecule has 1 aromatic heterocycles. The van der Waals surface area contributed by atoms with Crippen LogP contribution >= 0.6 is 0 Å². The van der Waals surface area contributed by atoms with Gasteiger partial charge in [0.05, 0.1) is 5.69 Å². The van der Waals surface area contributed by atoms with Gasteiger partial charge >= 0.3 is 0 Å². The number of ether oxygens (including phenoxy) is 1. The zero-order valence-corrected chi connectivity index (χ0v) is 14.3. The van der Waals surface area contributed by atoms with Crippen LogP contribution in [0, 0.1) is 6.92 Å². The van der Waals surface area contributed by atoms with Crippen LogP contribution in [0.1, 0.15) is 11.3 Å². The van der Waals surface area contributed by atoms with Crippen LogP contribution in [0.25, 0.3) is 0 Å². The van der Waals surface area contributed by atoms with Crippen LogP contribution in [0.2, 0.25) is 0 Å². The molecule has 6 heteroatoms. The molecule has 23 heavy (non-hydrogen) atoms. The Morgan fingerprint density at radius 3 is 2.57 bits per heavy atom. The van der Waals surface area contributed by atoms with Crippen molar-refractivity contribution in [2.75, 3.05) is 32.6 Å². The van der Waals surface area contributed by atoms with Gasteiger partial charge < -0.3 is 20.1 Å². The largest absolute Gasteiger partial charge is 0.491 e. The predicted octanol–water partition coefficient (Wildman–Crippen LogP) is 1.64. The molecule has 0 radical (unpaired) electrons. The van der Waals surface area contributed by atoms with Gasteiger partial charge in [0, 0.05) is 37.6 Å². The molecule has 1 atom stereocenters. The van der Waals surface area contributed by atoms with Crippen LogP contribution in [0.3, 0.4) is 0 Å². The summed E-state index contributed by atoms with van der Waals surface area (Å²) in [4.78, 5) is 1.93. The summed E-state index contributed by atoms with van der Waals surface area (Å²) in [6.45, 7) is 3.62. The van der Waals surface area contributed by atoms with Gasteiger partial charge in [0.1, 0.15) is 18.5 Å². The van der Waals surface area contributed by atoms with Crippen LogP contribution in [-0.4, -0.2) is 53.1 Å². The molecule has 2 N–H and O–H groups in total. The number of hydrogen-bond acceptors (Lipinski definition) is 5. The van der Waals surface area contributed by atoms with Crippen LogP contribution in [-0.2, 0) is 13.6 Å². The molecule has 126 valence electrons. The molecule has 0 bridgehead atoms. The molecular weight excluding hydrogens is 292 g/mol. The minimum Gasteiger partial charge on any atom is -0.491 e. The molecule has 0 aliphatic carbocycles. The predicted molar refractivity (Wildman–Crippen MR) is 91.8 cm³/mol. The highest BCUT2D eigenvalue weighted by atomic mass is 16.5. The lowest BCUT2D eigenvalue weighted by atomic mass is 10.2. The van der Waals surface area contributed by atoms with Crippen LogP contribution < -0.4 is 10.1 Å². The number of aliphatic hydroxyl groups is 1. The Bertz CT molecular complexity index is 608. The van der Waals surface area contributed by atoms with Crippen molar-refractivity contribution in [3.63, 3.8) is 0 Å². The van der Waals surface area contributed by atoms with Gasteiger partial charge in [-0.2, -0.15) is 5.10 Å². The van der Waals surface area contributed by atoms with E-state index in [2.05, 4.69) is 10.4 Å². The highest BCUT2D eigenvalue weighted by molar-refractivity contribution is 5.46. The van der Waals surface area contributed by atoms with E-state index in [1.54, 1.807) is 0 Å². The van der Waals surface area contributed by atoms with Crippen molar-refractivity contribution in [2.45, 2.75) is 19.6 Å². The van der Waals surface area contributed by atoms with Crippen molar-refractivity contribution in [3.8, 4) is 5.75 Å². The maximum atomic E-state index is 9.79. The number of hydrogen-bond donors (Lipinski definition) is 2. The van der Waals surface area contributed by atoms with E-state index in [1.807, 2.05) is 68.1 Å². The Morgan fingerprint density at radius 2 is 2.00 bits per heavy atom. The van der Waals surface area contributed by atoms with Gasteiger partial charge in [0.2, 0.25) is 0 Å². The van der Waals surface area contributed by atoms with Crippen molar-refractivity contribution in [1.82, 2.24) is 14.7 Å². The fraction of sp³-hybridized carbons (Fsp3) is 0.471. The van der Waals surface area contributed by atoms with E-state index in [1.165, 1.54) is 5.56 Å². The van der Waals surface area contributed by atoms with E-state index < -0.39 is 6.10 Å². The second kappa shape index (κ2) is 7.99. The third-order valence-electron chi connectivity index (χ3n) is 3.47. The Kier molecular flexibility index (Phi) is 6.01. The molecule has 0 aliphatic rings. The van der Waals surface area contributed by atoms with Crippen molar-refractivity contribution in [1.29, 1.82) is 0 Å². The minimum atomic E-state index is -0.489. The summed E-state index contributed by atoms with van der Waals surface area (Å²) in [5, 5.41) is 17.5. The van der Waals surface area contributed by atoms with E-state index in [9.17, 15) is 5.11 Å². The molecule has 1 heterocycles. The number of benzene rings is 1. The molecule has 1 unspecified atom stereocenters. The monoisotopic (exact) mass is 318 g/mol. The van der Waals surface area contributed by atoms with E-state index >= 15 is 0 Å². The van der Waals surface area contributed by atoms with Crippen molar-refractivity contribution < 1.29 is 9.84 Å². The lowest BCUT2D eigenvalue weighted by Crippen LogP contribution is -2.30. The topological polar surface area (TPSA) is 62.6 Å². The third kappa shape index (κ3) is 5.58. The molecule has 0 saturated carbocycles. The average Bonchev–Trinajstić information content (AvgIpc) is 2.81. The Morgan fingerprint density at radius 1 is 1.30 bits per heavy atom. The van der Waals surface area contributed by atoms with Crippen molar-refractivity contribution in [2.24, 2.45) is 7.05 Å². The fourth-order valence-electron chi connectivity index (χ4n) is 2.36. The molecule has 2 aromatic rings. The highest BCUT2D eigenvalue weighted by Crippen LogP contribution is 2.17.